The first-order valence-electron chi connectivity index (χ1n) is 5.34. The molecule has 0 unspecified atom stereocenters. The molecular formula is C12H15FN2O2. The number of aromatic nitrogens is 1. The van der Waals surface area contributed by atoms with Gasteiger partial charge >= 0.3 is 5.97 Å². The molecule has 0 radical (unpaired) electrons. The summed E-state index contributed by atoms with van der Waals surface area (Å²) in [5.41, 5.74) is -0.125. The Morgan fingerprint density at radius 3 is 2.94 bits per heavy atom. The number of aromatic carboxylic acids is 1. The molecule has 17 heavy (non-hydrogen) atoms. The van der Waals surface area contributed by atoms with E-state index in [4.69, 9.17) is 5.11 Å². The minimum Gasteiger partial charge on any atom is -0.478 e. The molecule has 0 saturated carbocycles. The zero-order valence-electron chi connectivity index (χ0n) is 9.69. The second-order valence-corrected chi connectivity index (χ2v) is 3.56. The average molecular weight is 238 g/mol. The van der Waals surface area contributed by atoms with Crippen LogP contribution < -0.4 is 4.90 Å². The molecule has 1 N–H and O–H groups in total. The third-order valence-corrected chi connectivity index (χ3v) is 2.21. The summed E-state index contributed by atoms with van der Waals surface area (Å²) in [6, 6.07) is 0.983. The van der Waals surface area contributed by atoms with Crippen molar-refractivity contribution in [1.29, 1.82) is 0 Å². The Kier molecular flexibility index (Phi) is 4.63. The highest BCUT2D eigenvalue weighted by Gasteiger charge is 2.17. The summed E-state index contributed by atoms with van der Waals surface area (Å²) >= 11 is 0. The van der Waals surface area contributed by atoms with Gasteiger partial charge in [0.05, 0.1) is 6.20 Å². The summed E-state index contributed by atoms with van der Waals surface area (Å²) in [6.07, 6.45) is 3.52. The smallest absolute Gasteiger partial charge is 0.339 e. The molecule has 1 aromatic rings. The Hall–Kier alpha value is -1.91. The molecule has 92 valence electrons. The molecule has 0 aliphatic heterocycles. The van der Waals surface area contributed by atoms with E-state index in [2.05, 4.69) is 11.6 Å². The van der Waals surface area contributed by atoms with E-state index in [-0.39, 0.29) is 11.4 Å². The van der Waals surface area contributed by atoms with Gasteiger partial charge in [-0.05, 0) is 12.5 Å². The fourth-order valence-electron chi connectivity index (χ4n) is 1.55. The summed E-state index contributed by atoms with van der Waals surface area (Å²) in [6.45, 7) is 6.70. The molecule has 0 amide bonds. The third-order valence-electron chi connectivity index (χ3n) is 2.21. The van der Waals surface area contributed by atoms with Crippen LogP contribution in [0.3, 0.4) is 0 Å². The highest BCUT2D eigenvalue weighted by Crippen LogP contribution is 2.18. The second kappa shape index (κ2) is 5.98. The van der Waals surface area contributed by atoms with E-state index < -0.39 is 11.8 Å². The van der Waals surface area contributed by atoms with E-state index in [1.165, 1.54) is 0 Å². The maximum Gasteiger partial charge on any atom is 0.339 e. The maximum absolute atomic E-state index is 13.0. The van der Waals surface area contributed by atoms with Gasteiger partial charge < -0.3 is 10.0 Å². The van der Waals surface area contributed by atoms with Gasteiger partial charge in [0.15, 0.2) is 0 Å². The number of carboxylic acid groups (broad SMARTS) is 1. The Morgan fingerprint density at radius 1 is 1.71 bits per heavy atom. The fourth-order valence-corrected chi connectivity index (χ4v) is 1.55. The van der Waals surface area contributed by atoms with Crippen molar-refractivity contribution in [2.45, 2.75) is 13.3 Å². The van der Waals surface area contributed by atoms with Gasteiger partial charge in [-0.2, -0.15) is 0 Å². The number of carboxylic acids is 1. The van der Waals surface area contributed by atoms with Crippen LogP contribution in [0.2, 0.25) is 0 Å². The molecular weight excluding hydrogens is 223 g/mol. The molecule has 0 spiro atoms. The maximum atomic E-state index is 13.0. The number of carbonyl (C=O) groups is 1. The van der Waals surface area contributed by atoms with Crippen molar-refractivity contribution in [1.82, 2.24) is 4.98 Å². The van der Waals surface area contributed by atoms with Crippen molar-refractivity contribution in [3.8, 4) is 0 Å². The Balaban J connectivity index is 3.16. The number of anilines is 1. The summed E-state index contributed by atoms with van der Waals surface area (Å²) in [5.74, 6) is -1.56. The van der Waals surface area contributed by atoms with Gasteiger partial charge in [-0.15, -0.1) is 6.58 Å². The van der Waals surface area contributed by atoms with E-state index in [9.17, 15) is 9.18 Å². The molecule has 0 fully saturated rings. The second-order valence-electron chi connectivity index (χ2n) is 3.56. The van der Waals surface area contributed by atoms with E-state index in [0.717, 1.165) is 18.7 Å². The van der Waals surface area contributed by atoms with Gasteiger partial charge in [0, 0.05) is 13.1 Å². The first kappa shape index (κ1) is 13.2. The molecule has 5 heteroatoms. The largest absolute Gasteiger partial charge is 0.478 e. The van der Waals surface area contributed by atoms with Crippen LogP contribution in [0.4, 0.5) is 10.2 Å². The molecule has 1 aromatic heterocycles. The van der Waals surface area contributed by atoms with Crippen LogP contribution in [0, 0.1) is 5.82 Å². The summed E-state index contributed by atoms with van der Waals surface area (Å²) in [7, 11) is 0. The molecule has 0 saturated heterocycles. The molecule has 0 aromatic carbocycles. The van der Waals surface area contributed by atoms with Crippen LogP contribution in [-0.4, -0.2) is 29.1 Å². The standard InChI is InChI=1S/C12H15FN2O2/c1-3-5-15(6-4-2)11-10(12(16)17)7-9(13)8-14-11/h3,7-8H,1,4-6H2,2H3,(H,16,17). The SMILES string of the molecule is C=CCN(CCC)c1ncc(F)cc1C(=O)O. The fraction of sp³-hybridized carbons (Fsp3) is 0.333. The van der Waals surface area contributed by atoms with Gasteiger partial charge in [0.2, 0.25) is 0 Å². The molecule has 0 aliphatic carbocycles. The van der Waals surface area contributed by atoms with Crippen molar-refractivity contribution in [2.75, 3.05) is 18.0 Å². The monoisotopic (exact) mass is 238 g/mol. The highest BCUT2D eigenvalue weighted by molar-refractivity contribution is 5.93. The number of halogens is 1. The molecule has 0 atom stereocenters. The average Bonchev–Trinajstić information content (AvgIpc) is 2.28. The number of hydrogen-bond donors (Lipinski definition) is 1. The van der Waals surface area contributed by atoms with Crippen LogP contribution in [0.1, 0.15) is 23.7 Å². The van der Waals surface area contributed by atoms with Gasteiger partial charge in [0.25, 0.3) is 0 Å². The van der Waals surface area contributed by atoms with E-state index >= 15 is 0 Å². The topological polar surface area (TPSA) is 53.4 Å². The predicted octanol–water partition coefficient (Wildman–Crippen LogP) is 2.32. The molecule has 0 bridgehead atoms. The van der Waals surface area contributed by atoms with E-state index in [0.29, 0.717) is 13.1 Å². The van der Waals surface area contributed by atoms with Gasteiger partial charge in [-0.25, -0.2) is 14.2 Å². The van der Waals surface area contributed by atoms with E-state index in [1.54, 1.807) is 11.0 Å². The van der Waals surface area contributed by atoms with Crippen molar-refractivity contribution in [2.24, 2.45) is 0 Å². The Bertz CT molecular complexity index is 421. The lowest BCUT2D eigenvalue weighted by atomic mass is 10.2. The van der Waals surface area contributed by atoms with Gasteiger partial charge in [-0.1, -0.05) is 13.0 Å². The summed E-state index contributed by atoms with van der Waals surface area (Å²) in [4.78, 5) is 16.6. The van der Waals surface area contributed by atoms with Gasteiger partial charge in [0.1, 0.15) is 17.2 Å². The van der Waals surface area contributed by atoms with Crippen molar-refractivity contribution >= 4 is 11.8 Å². The van der Waals surface area contributed by atoms with Crippen LogP contribution >= 0.6 is 0 Å². The van der Waals surface area contributed by atoms with Crippen molar-refractivity contribution in [3.05, 3.63) is 36.3 Å². The Labute approximate surface area is 99.4 Å². The highest BCUT2D eigenvalue weighted by atomic mass is 19.1. The van der Waals surface area contributed by atoms with Crippen LogP contribution in [0.15, 0.2) is 24.9 Å². The molecule has 1 rings (SSSR count). The van der Waals surface area contributed by atoms with Crippen molar-refractivity contribution < 1.29 is 14.3 Å². The first-order chi connectivity index (χ1) is 8.10. The minimum absolute atomic E-state index is 0.125. The lowest BCUT2D eigenvalue weighted by Crippen LogP contribution is -2.27. The normalized spacial score (nSPS) is 10.0. The summed E-state index contributed by atoms with van der Waals surface area (Å²) in [5, 5.41) is 9.02. The lowest BCUT2D eigenvalue weighted by Gasteiger charge is -2.22. The summed E-state index contributed by atoms with van der Waals surface area (Å²) < 4.78 is 13.0. The minimum atomic E-state index is -1.18. The Morgan fingerprint density at radius 2 is 2.41 bits per heavy atom. The lowest BCUT2D eigenvalue weighted by molar-refractivity contribution is 0.0696. The van der Waals surface area contributed by atoms with Crippen molar-refractivity contribution in [3.63, 3.8) is 0 Å². The number of hydrogen-bond acceptors (Lipinski definition) is 3. The first-order valence-corrected chi connectivity index (χ1v) is 5.34. The van der Waals surface area contributed by atoms with Crippen LogP contribution in [0.25, 0.3) is 0 Å². The molecule has 4 nitrogen and oxygen atoms in total. The quantitative estimate of drug-likeness (QED) is 0.773. The van der Waals surface area contributed by atoms with Gasteiger partial charge in [-0.3, -0.25) is 0 Å². The number of nitrogens with zero attached hydrogens (tertiary/aromatic N) is 2. The van der Waals surface area contributed by atoms with E-state index in [1.807, 2.05) is 6.92 Å². The zero-order chi connectivity index (χ0) is 12.8. The van der Waals surface area contributed by atoms with Crippen LogP contribution in [0.5, 0.6) is 0 Å². The number of pyridine rings is 1. The molecule has 0 aliphatic rings. The third kappa shape index (κ3) is 3.27. The van der Waals surface area contributed by atoms with Crippen LogP contribution in [-0.2, 0) is 0 Å². The molecule has 1 heterocycles. The predicted molar refractivity (Wildman–Crippen MR) is 63.9 cm³/mol. The zero-order valence-corrected chi connectivity index (χ0v) is 9.69. The number of rotatable bonds is 6.